The molecule has 0 spiro atoms. The van der Waals surface area contributed by atoms with Gasteiger partial charge in [-0.05, 0) is 32.5 Å². The van der Waals surface area contributed by atoms with Crippen molar-refractivity contribution in [2.45, 2.75) is 38.7 Å². The number of hydrogen-bond acceptors (Lipinski definition) is 3. The minimum absolute atomic E-state index is 0.292. The van der Waals surface area contributed by atoms with Crippen molar-refractivity contribution in [3.8, 4) is 0 Å². The van der Waals surface area contributed by atoms with Crippen LogP contribution in [0.1, 0.15) is 13.3 Å². The average molecular weight is 287 g/mol. The molecule has 4 nitrogen and oxygen atoms in total. The average Bonchev–Trinajstić information content (AvgIpc) is 2.20. The van der Waals surface area contributed by atoms with Gasteiger partial charge in [-0.15, -0.1) is 0 Å². The number of nitrogens with one attached hydrogen (secondary N) is 1. The van der Waals surface area contributed by atoms with E-state index in [1.165, 1.54) is 0 Å². The fourth-order valence-electron chi connectivity index (χ4n) is 1.37. The van der Waals surface area contributed by atoms with Crippen LogP contribution in [0.2, 0.25) is 19.1 Å². The highest BCUT2D eigenvalue weighted by Crippen LogP contribution is 2.14. The van der Waals surface area contributed by atoms with E-state index in [0.29, 0.717) is 19.6 Å². The number of hydrogen-bond donors (Lipinski definition) is 1. The first-order valence-electron chi connectivity index (χ1n) is 5.77. The van der Waals surface area contributed by atoms with E-state index >= 15 is 0 Å². The molecule has 108 valence electrons. The van der Waals surface area contributed by atoms with Crippen molar-refractivity contribution in [1.29, 1.82) is 0 Å². The summed E-state index contributed by atoms with van der Waals surface area (Å²) in [7, 11) is -1.70. The van der Waals surface area contributed by atoms with E-state index in [1.807, 2.05) is 6.92 Å². The van der Waals surface area contributed by atoms with Crippen LogP contribution in [0.5, 0.6) is 0 Å². The third-order valence-electron chi connectivity index (χ3n) is 2.13. The Morgan fingerprint density at radius 1 is 1.33 bits per heavy atom. The second kappa shape index (κ2) is 7.62. The summed E-state index contributed by atoms with van der Waals surface area (Å²) in [6.45, 7) is 5.41. The van der Waals surface area contributed by atoms with Crippen molar-refractivity contribution < 1.29 is 27.1 Å². The topological polar surface area (TPSA) is 47.6 Å². The predicted molar refractivity (Wildman–Crippen MR) is 63.9 cm³/mol. The summed E-state index contributed by atoms with van der Waals surface area (Å²) in [5.74, 6) is 0. The van der Waals surface area contributed by atoms with Gasteiger partial charge in [-0.2, -0.15) is 13.2 Å². The molecule has 0 bridgehead atoms. The van der Waals surface area contributed by atoms with Gasteiger partial charge in [-0.3, -0.25) is 0 Å². The van der Waals surface area contributed by atoms with Gasteiger partial charge in [0.15, 0.2) is 14.9 Å². The molecule has 0 rings (SSSR count). The Bertz CT molecular complexity index is 259. The first-order chi connectivity index (χ1) is 8.16. The van der Waals surface area contributed by atoms with E-state index < -0.39 is 27.2 Å². The second-order valence-electron chi connectivity index (χ2n) is 4.41. The van der Waals surface area contributed by atoms with E-state index in [2.05, 4.69) is 23.1 Å². The summed E-state index contributed by atoms with van der Waals surface area (Å²) in [5, 5.41) is 2.28. The van der Waals surface area contributed by atoms with Crippen LogP contribution in [0.25, 0.3) is 0 Å². The Balaban J connectivity index is 3.63. The number of carbonyl (C=O) groups excluding carboxylic acids is 1. The molecule has 0 atom stereocenters. The molecule has 0 radical (unpaired) electrons. The monoisotopic (exact) mass is 287 g/mol. The number of rotatable bonds is 7. The van der Waals surface area contributed by atoms with Gasteiger partial charge in [0, 0.05) is 13.2 Å². The molecule has 8 heteroatoms. The zero-order chi connectivity index (χ0) is 14.2. The van der Waals surface area contributed by atoms with Crippen LogP contribution in [0.4, 0.5) is 18.0 Å². The maximum absolute atomic E-state index is 11.7. The Kier molecular flexibility index (Phi) is 7.30. The molecule has 0 saturated heterocycles. The Morgan fingerprint density at radius 2 is 1.94 bits per heavy atom. The highest BCUT2D eigenvalue weighted by molar-refractivity contribution is 6.71. The van der Waals surface area contributed by atoms with E-state index in [0.717, 1.165) is 6.04 Å². The van der Waals surface area contributed by atoms with E-state index in [4.69, 9.17) is 4.43 Å². The second-order valence-corrected chi connectivity index (χ2v) is 8.72. The van der Waals surface area contributed by atoms with Gasteiger partial charge < -0.3 is 14.5 Å². The quantitative estimate of drug-likeness (QED) is 0.578. The van der Waals surface area contributed by atoms with E-state index in [9.17, 15) is 18.0 Å². The van der Waals surface area contributed by atoms with Crippen molar-refractivity contribution in [1.82, 2.24) is 5.32 Å². The first-order valence-corrected chi connectivity index (χ1v) is 8.89. The molecule has 0 aliphatic rings. The summed E-state index contributed by atoms with van der Waals surface area (Å²) in [4.78, 5) is 10.9. The fourth-order valence-corrected chi connectivity index (χ4v) is 3.32. The smallest absolute Gasteiger partial charge is 0.422 e. The lowest BCUT2D eigenvalue weighted by atomic mass is 10.5. The molecular formula is C10H20F3NO3Si. The molecule has 0 saturated carbocycles. The van der Waals surface area contributed by atoms with Crippen LogP contribution in [-0.4, -0.2) is 40.3 Å². The molecule has 1 N–H and O–H groups in total. The van der Waals surface area contributed by atoms with Crippen LogP contribution < -0.4 is 5.32 Å². The van der Waals surface area contributed by atoms with Gasteiger partial charge in [0.2, 0.25) is 0 Å². The maximum atomic E-state index is 11.7. The molecule has 0 aliphatic heterocycles. The van der Waals surface area contributed by atoms with Crippen LogP contribution in [-0.2, 0) is 9.16 Å². The third-order valence-corrected chi connectivity index (χ3v) is 4.75. The molecule has 0 aromatic carbocycles. The SMILES string of the molecule is CCO[Si](C)(C)CCCNC(=O)OCC(F)(F)F. The van der Waals surface area contributed by atoms with Crippen molar-refractivity contribution in [2.75, 3.05) is 19.8 Å². The molecule has 18 heavy (non-hydrogen) atoms. The molecule has 0 fully saturated rings. The third kappa shape index (κ3) is 10.4. The maximum Gasteiger partial charge on any atom is 0.422 e. The summed E-state index contributed by atoms with van der Waals surface area (Å²) in [5.41, 5.74) is 0. The van der Waals surface area contributed by atoms with Crippen LogP contribution in [0.3, 0.4) is 0 Å². The minimum atomic E-state index is -4.48. The Hall–Kier alpha value is -0.763. The molecule has 1 amide bonds. The van der Waals surface area contributed by atoms with Crippen LogP contribution in [0.15, 0.2) is 0 Å². The molecule has 0 heterocycles. The first kappa shape index (κ1) is 17.2. The van der Waals surface area contributed by atoms with Gasteiger partial charge in [-0.25, -0.2) is 4.79 Å². The summed E-state index contributed by atoms with van der Waals surface area (Å²) < 4.78 is 44.8. The zero-order valence-corrected chi connectivity index (χ0v) is 11.9. The van der Waals surface area contributed by atoms with Gasteiger partial charge in [0.05, 0.1) is 0 Å². The Labute approximate surface area is 106 Å². The minimum Gasteiger partial charge on any atom is -0.440 e. The Morgan fingerprint density at radius 3 is 2.44 bits per heavy atom. The van der Waals surface area contributed by atoms with Crippen LogP contribution >= 0.6 is 0 Å². The molecule has 0 unspecified atom stereocenters. The number of alkyl halides is 3. The predicted octanol–water partition coefficient (Wildman–Crippen LogP) is 2.91. The van der Waals surface area contributed by atoms with Crippen molar-refractivity contribution in [3.05, 3.63) is 0 Å². The van der Waals surface area contributed by atoms with E-state index in [-0.39, 0.29) is 0 Å². The summed E-state index contributed by atoms with van der Waals surface area (Å²) >= 11 is 0. The summed E-state index contributed by atoms with van der Waals surface area (Å²) in [6.07, 6.45) is -4.86. The largest absolute Gasteiger partial charge is 0.440 e. The van der Waals surface area contributed by atoms with Gasteiger partial charge in [-0.1, -0.05) is 0 Å². The number of alkyl carbamates (subject to hydrolysis) is 1. The van der Waals surface area contributed by atoms with Crippen LogP contribution in [0, 0.1) is 0 Å². The molecular weight excluding hydrogens is 267 g/mol. The molecule has 0 aromatic rings. The number of amides is 1. The van der Waals surface area contributed by atoms with Crippen molar-refractivity contribution in [2.24, 2.45) is 0 Å². The zero-order valence-electron chi connectivity index (χ0n) is 10.9. The van der Waals surface area contributed by atoms with Gasteiger partial charge in [0.25, 0.3) is 0 Å². The lowest BCUT2D eigenvalue weighted by Crippen LogP contribution is -2.33. The highest BCUT2D eigenvalue weighted by Gasteiger charge is 2.29. The fraction of sp³-hybridized carbons (Fsp3) is 0.900. The lowest BCUT2D eigenvalue weighted by Gasteiger charge is -2.21. The highest BCUT2D eigenvalue weighted by atomic mass is 28.4. The van der Waals surface area contributed by atoms with Gasteiger partial charge in [0.1, 0.15) is 0 Å². The number of halogens is 3. The lowest BCUT2D eigenvalue weighted by molar-refractivity contribution is -0.160. The van der Waals surface area contributed by atoms with E-state index in [1.54, 1.807) is 0 Å². The number of carbonyl (C=O) groups is 1. The van der Waals surface area contributed by atoms with Gasteiger partial charge >= 0.3 is 12.3 Å². The van der Waals surface area contributed by atoms with Crippen molar-refractivity contribution in [3.63, 3.8) is 0 Å². The molecule has 0 aromatic heterocycles. The van der Waals surface area contributed by atoms with Crippen molar-refractivity contribution >= 4 is 14.4 Å². The standard InChI is InChI=1S/C10H20F3NO3Si/c1-4-17-18(2,3)7-5-6-14-9(15)16-8-10(11,12)13/h4-8H2,1-3H3,(H,14,15). The number of ether oxygens (including phenoxy) is 1. The summed E-state index contributed by atoms with van der Waals surface area (Å²) in [6, 6.07) is 0.834. The molecule has 0 aliphatic carbocycles. The normalized spacial score (nSPS) is 12.3.